The average molecular weight is 285 g/mol. The Morgan fingerprint density at radius 3 is 2.62 bits per heavy atom. The molecule has 1 aliphatic rings. The third-order valence-corrected chi connectivity index (χ3v) is 4.24. The molecule has 0 aliphatic carbocycles. The van der Waals surface area contributed by atoms with Gasteiger partial charge in [-0.3, -0.25) is 4.98 Å². The molecule has 0 bridgehead atoms. The highest BCUT2D eigenvalue weighted by Gasteiger charge is 2.31. The van der Waals surface area contributed by atoms with Gasteiger partial charge in [0.1, 0.15) is 5.82 Å². The van der Waals surface area contributed by atoms with E-state index in [0.717, 1.165) is 30.2 Å². The molecule has 1 saturated heterocycles. The van der Waals surface area contributed by atoms with Crippen molar-refractivity contribution in [1.29, 1.82) is 0 Å². The number of hydrogen-bond acceptors (Lipinski definition) is 3. The summed E-state index contributed by atoms with van der Waals surface area (Å²) in [6, 6.07) is 7.28. The minimum atomic E-state index is -0.179. The van der Waals surface area contributed by atoms with E-state index in [1.54, 1.807) is 18.3 Å². The summed E-state index contributed by atoms with van der Waals surface area (Å²) in [5, 5.41) is 0. The van der Waals surface area contributed by atoms with Crippen molar-refractivity contribution < 1.29 is 4.39 Å². The zero-order chi connectivity index (χ0) is 15.0. The first kappa shape index (κ1) is 14.0. The zero-order valence-corrected chi connectivity index (χ0v) is 12.7. The van der Waals surface area contributed by atoms with Gasteiger partial charge in [-0.1, -0.05) is 12.1 Å². The maximum absolute atomic E-state index is 13.1. The average Bonchev–Trinajstić information content (AvgIpc) is 2.84. The molecule has 1 aromatic heterocycles. The van der Waals surface area contributed by atoms with Gasteiger partial charge in [-0.25, -0.2) is 9.37 Å². The van der Waals surface area contributed by atoms with Gasteiger partial charge in [0.05, 0.1) is 11.4 Å². The molecule has 3 nitrogen and oxygen atoms in total. The molecule has 2 atom stereocenters. The summed E-state index contributed by atoms with van der Waals surface area (Å²) in [6.07, 6.45) is 2.86. The van der Waals surface area contributed by atoms with Crippen LogP contribution in [0.3, 0.4) is 0 Å². The van der Waals surface area contributed by atoms with E-state index in [2.05, 4.69) is 21.8 Å². The fourth-order valence-corrected chi connectivity index (χ4v) is 3.10. The lowest BCUT2D eigenvalue weighted by molar-refractivity contribution is 0.625. The summed E-state index contributed by atoms with van der Waals surface area (Å²) in [5.41, 5.74) is 3.10. The van der Waals surface area contributed by atoms with Gasteiger partial charge in [-0.2, -0.15) is 0 Å². The van der Waals surface area contributed by atoms with E-state index < -0.39 is 0 Å². The van der Waals surface area contributed by atoms with E-state index in [4.69, 9.17) is 0 Å². The molecule has 0 spiro atoms. The lowest BCUT2D eigenvalue weighted by Crippen LogP contribution is -2.28. The van der Waals surface area contributed by atoms with E-state index in [9.17, 15) is 4.39 Å². The van der Waals surface area contributed by atoms with Crippen molar-refractivity contribution in [1.82, 2.24) is 9.97 Å². The first-order valence-electron chi connectivity index (χ1n) is 7.37. The van der Waals surface area contributed by atoms with Gasteiger partial charge in [0.2, 0.25) is 0 Å². The predicted molar refractivity (Wildman–Crippen MR) is 82.1 cm³/mol. The number of rotatable bonds is 2. The van der Waals surface area contributed by atoms with E-state index in [1.165, 1.54) is 5.56 Å². The van der Waals surface area contributed by atoms with Gasteiger partial charge in [-0.15, -0.1) is 0 Å². The molecule has 1 aliphatic heterocycles. The summed E-state index contributed by atoms with van der Waals surface area (Å²) in [6.45, 7) is 7.09. The fourth-order valence-electron chi connectivity index (χ4n) is 3.10. The molecule has 2 aromatic rings. The Balaban J connectivity index is 1.86. The number of aromatic nitrogens is 2. The fraction of sp³-hybridized carbons (Fsp3) is 0.412. The largest absolute Gasteiger partial charge is 0.352 e. The van der Waals surface area contributed by atoms with Crippen LogP contribution in [-0.4, -0.2) is 22.6 Å². The smallest absolute Gasteiger partial charge is 0.150 e. The molecule has 1 fully saturated rings. The summed E-state index contributed by atoms with van der Waals surface area (Å²) in [4.78, 5) is 11.4. The van der Waals surface area contributed by atoms with Gasteiger partial charge in [-0.05, 0) is 44.9 Å². The highest BCUT2D eigenvalue weighted by Crippen LogP contribution is 2.35. The number of anilines is 1. The van der Waals surface area contributed by atoms with Crippen LogP contribution in [0.4, 0.5) is 10.2 Å². The first-order valence-corrected chi connectivity index (χ1v) is 7.37. The Kier molecular flexibility index (Phi) is 3.62. The molecule has 21 heavy (non-hydrogen) atoms. The van der Waals surface area contributed by atoms with E-state index in [0.29, 0.717) is 12.0 Å². The molecule has 110 valence electrons. The molecule has 0 saturated carbocycles. The van der Waals surface area contributed by atoms with E-state index in [-0.39, 0.29) is 5.82 Å². The number of benzene rings is 1. The second kappa shape index (κ2) is 5.43. The van der Waals surface area contributed by atoms with Crippen LogP contribution in [0.25, 0.3) is 0 Å². The van der Waals surface area contributed by atoms with Gasteiger partial charge in [0.15, 0.2) is 5.82 Å². The van der Waals surface area contributed by atoms with Crippen molar-refractivity contribution in [2.45, 2.75) is 39.2 Å². The number of hydrogen-bond donors (Lipinski definition) is 0. The van der Waals surface area contributed by atoms with Crippen LogP contribution < -0.4 is 4.90 Å². The van der Waals surface area contributed by atoms with Crippen LogP contribution in [0, 0.1) is 19.7 Å². The maximum Gasteiger partial charge on any atom is 0.150 e. The molecule has 2 unspecified atom stereocenters. The van der Waals surface area contributed by atoms with Gasteiger partial charge >= 0.3 is 0 Å². The molecule has 0 amide bonds. The van der Waals surface area contributed by atoms with Crippen LogP contribution >= 0.6 is 0 Å². The Morgan fingerprint density at radius 1 is 1.19 bits per heavy atom. The third kappa shape index (κ3) is 2.75. The molecular formula is C17H20FN3. The SMILES string of the molecule is Cc1cnc(C)c(N2CC(c3ccc(F)cc3)CC2C)n1. The summed E-state index contributed by atoms with van der Waals surface area (Å²) < 4.78 is 13.1. The normalized spacial score (nSPS) is 21.8. The lowest BCUT2D eigenvalue weighted by atomic mass is 9.97. The molecule has 3 rings (SSSR count). The van der Waals surface area contributed by atoms with Crippen LogP contribution in [-0.2, 0) is 0 Å². The van der Waals surface area contributed by atoms with Crippen molar-refractivity contribution in [2.75, 3.05) is 11.4 Å². The summed E-state index contributed by atoms with van der Waals surface area (Å²) >= 11 is 0. The van der Waals surface area contributed by atoms with Gasteiger partial charge in [0.25, 0.3) is 0 Å². The lowest BCUT2D eigenvalue weighted by Gasteiger charge is -2.24. The quantitative estimate of drug-likeness (QED) is 0.844. The third-order valence-electron chi connectivity index (χ3n) is 4.24. The van der Waals surface area contributed by atoms with Crippen LogP contribution in [0.5, 0.6) is 0 Å². The van der Waals surface area contributed by atoms with Gasteiger partial charge in [0, 0.05) is 24.7 Å². The van der Waals surface area contributed by atoms with E-state index in [1.807, 2.05) is 26.0 Å². The van der Waals surface area contributed by atoms with Crippen molar-refractivity contribution in [3.63, 3.8) is 0 Å². The van der Waals surface area contributed by atoms with Crippen LogP contribution in [0.1, 0.15) is 36.2 Å². The second-order valence-corrected chi connectivity index (χ2v) is 5.91. The maximum atomic E-state index is 13.1. The minimum absolute atomic E-state index is 0.179. The van der Waals surface area contributed by atoms with Crippen molar-refractivity contribution in [3.8, 4) is 0 Å². The molecule has 1 aromatic carbocycles. The zero-order valence-electron chi connectivity index (χ0n) is 12.7. The van der Waals surface area contributed by atoms with Crippen LogP contribution in [0.2, 0.25) is 0 Å². The summed E-state index contributed by atoms with van der Waals surface area (Å²) in [7, 11) is 0. The predicted octanol–water partition coefficient (Wildman–Crippen LogP) is 3.61. The van der Waals surface area contributed by atoms with Crippen molar-refractivity contribution in [2.24, 2.45) is 0 Å². The van der Waals surface area contributed by atoms with E-state index >= 15 is 0 Å². The number of nitrogens with zero attached hydrogens (tertiary/aromatic N) is 3. The summed E-state index contributed by atoms with van der Waals surface area (Å²) in [5.74, 6) is 1.22. The highest BCUT2D eigenvalue weighted by atomic mass is 19.1. The molecule has 2 heterocycles. The second-order valence-electron chi connectivity index (χ2n) is 5.91. The molecule has 0 N–H and O–H groups in total. The first-order chi connectivity index (χ1) is 10.0. The highest BCUT2D eigenvalue weighted by molar-refractivity contribution is 5.47. The Labute approximate surface area is 124 Å². The molecular weight excluding hydrogens is 265 g/mol. The Bertz CT molecular complexity index is 639. The van der Waals surface area contributed by atoms with Crippen LogP contribution in [0.15, 0.2) is 30.5 Å². The molecule has 4 heteroatoms. The standard InChI is InChI=1S/C17H20FN3/c1-11-9-19-13(3)17(20-11)21-10-15(8-12(21)2)14-4-6-16(18)7-5-14/h4-7,9,12,15H,8,10H2,1-3H3. The minimum Gasteiger partial charge on any atom is -0.352 e. The monoisotopic (exact) mass is 285 g/mol. The van der Waals surface area contributed by atoms with Crippen molar-refractivity contribution in [3.05, 3.63) is 53.2 Å². The molecule has 0 radical (unpaired) electrons. The Hall–Kier alpha value is -1.97. The topological polar surface area (TPSA) is 29.0 Å². The van der Waals surface area contributed by atoms with Gasteiger partial charge < -0.3 is 4.90 Å². The van der Waals surface area contributed by atoms with Crippen molar-refractivity contribution >= 4 is 5.82 Å². The number of aryl methyl sites for hydroxylation is 2. The number of halogens is 1. The Morgan fingerprint density at radius 2 is 1.90 bits per heavy atom.